The summed E-state index contributed by atoms with van der Waals surface area (Å²) in [6, 6.07) is 8.55. The second-order valence-electron chi connectivity index (χ2n) is 6.56. The zero-order chi connectivity index (χ0) is 19.8. The summed E-state index contributed by atoms with van der Waals surface area (Å²) in [6.07, 6.45) is 1.95. The fourth-order valence-electron chi connectivity index (χ4n) is 2.78. The third-order valence-electron chi connectivity index (χ3n) is 4.38. The molecular weight excluding hydrogens is 371 g/mol. The van der Waals surface area contributed by atoms with Crippen LogP contribution in [0.3, 0.4) is 0 Å². The Morgan fingerprint density at radius 2 is 1.75 bits per heavy atom. The molecule has 1 saturated heterocycles. The molecule has 0 aliphatic carbocycles. The summed E-state index contributed by atoms with van der Waals surface area (Å²) in [7, 11) is 0. The summed E-state index contributed by atoms with van der Waals surface area (Å²) in [5.41, 5.74) is 0.891. The van der Waals surface area contributed by atoms with Gasteiger partial charge in [-0.1, -0.05) is 23.4 Å². The van der Waals surface area contributed by atoms with E-state index in [2.05, 4.69) is 15.0 Å². The number of rotatable bonds is 8. The smallest absolute Gasteiger partial charge is 0.416 e. The highest BCUT2D eigenvalue weighted by molar-refractivity contribution is 5.60. The molecule has 1 aromatic heterocycles. The predicted octanol–water partition coefficient (Wildman–Crippen LogP) is 4.28. The van der Waals surface area contributed by atoms with Crippen LogP contribution in [-0.4, -0.2) is 35.9 Å². The Morgan fingerprint density at radius 1 is 1.04 bits per heavy atom. The molecule has 150 valence electrons. The maximum Gasteiger partial charge on any atom is 0.416 e. The molecule has 5 nitrogen and oxygen atoms in total. The van der Waals surface area contributed by atoms with Crippen LogP contribution in [0.4, 0.5) is 13.2 Å². The molecule has 3 rings (SSSR count). The highest BCUT2D eigenvalue weighted by Gasteiger charge is 2.29. The van der Waals surface area contributed by atoms with Crippen LogP contribution in [0.2, 0.25) is 0 Å². The van der Waals surface area contributed by atoms with E-state index < -0.39 is 11.7 Å². The van der Waals surface area contributed by atoms with Crippen molar-refractivity contribution < 1.29 is 22.7 Å². The topological polar surface area (TPSA) is 47.0 Å². The molecule has 2 heterocycles. The van der Waals surface area contributed by atoms with Crippen molar-refractivity contribution in [1.29, 1.82) is 0 Å². The molecule has 1 aromatic carbocycles. The summed E-state index contributed by atoms with van der Waals surface area (Å²) in [5, 5.41) is 3.83. The van der Waals surface area contributed by atoms with Crippen LogP contribution in [0.1, 0.15) is 29.5 Å². The molecule has 1 fully saturated rings. The van der Waals surface area contributed by atoms with Gasteiger partial charge in [0.15, 0.2) is 0 Å². The highest BCUT2D eigenvalue weighted by Crippen LogP contribution is 2.29. The van der Waals surface area contributed by atoms with Gasteiger partial charge in [-0.3, -0.25) is 4.90 Å². The van der Waals surface area contributed by atoms with Gasteiger partial charge in [0.05, 0.1) is 5.56 Å². The van der Waals surface area contributed by atoms with Crippen molar-refractivity contribution in [1.82, 2.24) is 9.88 Å². The number of hydrogen-bond acceptors (Lipinski definition) is 5. The molecule has 28 heavy (non-hydrogen) atoms. The summed E-state index contributed by atoms with van der Waals surface area (Å²) < 4.78 is 43.2. The van der Waals surface area contributed by atoms with Gasteiger partial charge >= 0.3 is 6.18 Å². The van der Waals surface area contributed by atoms with Crippen LogP contribution in [0.5, 0.6) is 5.88 Å². The number of oxime groups is 1. The molecule has 0 bridgehead atoms. The van der Waals surface area contributed by atoms with E-state index in [1.165, 1.54) is 25.0 Å². The summed E-state index contributed by atoms with van der Waals surface area (Å²) in [4.78, 5) is 11.6. The minimum absolute atomic E-state index is 0.107. The molecule has 0 saturated carbocycles. The normalized spacial score (nSPS) is 15.2. The molecule has 2 aromatic rings. The van der Waals surface area contributed by atoms with Crippen molar-refractivity contribution in [3.63, 3.8) is 0 Å². The number of aromatic nitrogens is 1. The fraction of sp³-hybridized carbons (Fsp3) is 0.400. The lowest BCUT2D eigenvalue weighted by Gasteiger charge is -2.14. The van der Waals surface area contributed by atoms with Crippen molar-refractivity contribution in [3.05, 3.63) is 59.3 Å². The van der Waals surface area contributed by atoms with Gasteiger partial charge in [0, 0.05) is 38.0 Å². The van der Waals surface area contributed by atoms with Gasteiger partial charge in [-0.2, -0.15) is 13.2 Å². The van der Waals surface area contributed by atoms with Crippen LogP contribution >= 0.6 is 0 Å². The number of likely N-dealkylation sites (tertiary alicyclic amines) is 1. The van der Waals surface area contributed by atoms with Crippen LogP contribution in [-0.2, 0) is 24.0 Å². The van der Waals surface area contributed by atoms with Gasteiger partial charge in [-0.15, -0.1) is 0 Å². The van der Waals surface area contributed by atoms with Crippen molar-refractivity contribution in [2.45, 2.75) is 32.0 Å². The fourth-order valence-corrected chi connectivity index (χ4v) is 2.78. The number of benzene rings is 1. The van der Waals surface area contributed by atoms with E-state index in [1.54, 1.807) is 12.4 Å². The SMILES string of the molecule is FC(F)(F)c1ccc(CON=CCc2ccc(OCN3CCCC3)nc2)cc1. The average Bonchev–Trinajstić information content (AvgIpc) is 3.20. The van der Waals surface area contributed by atoms with E-state index in [9.17, 15) is 13.2 Å². The third kappa shape index (κ3) is 6.23. The number of pyridine rings is 1. The van der Waals surface area contributed by atoms with Crippen molar-refractivity contribution in [2.24, 2.45) is 5.16 Å². The summed E-state index contributed by atoms with van der Waals surface area (Å²) in [6.45, 7) is 2.81. The first kappa shape index (κ1) is 20.1. The van der Waals surface area contributed by atoms with E-state index in [0.29, 0.717) is 24.6 Å². The maximum absolute atomic E-state index is 12.5. The largest absolute Gasteiger partial charge is 0.461 e. The van der Waals surface area contributed by atoms with Gasteiger partial charge in [0.25, 0.3) is 0 Å². The van der Waals surface area contributed by atoms with E-state index in [4.69, 9.17) is 9.57 Å². The predicted molar refractivity (Wildman–Crippen MR) is 99.0 cm³/mol. The molecule has 8 heteroatoms. The third-order valence-corrected chi connectivity index (χ3v) is 4.38. The minimum atomic E-state index is -4.33. The van der Waals surface area contributed by atoms with Crippen molar-refractivity contribution >= 4 is 6.21 Å². The quantitative estimate of drug-likeness (QED) is 0.496. The first-order valence-electron chi connectivity index (χ1n) is 9.11. The maximum atomic E-state index is 12.5. The number of hydrogen-bond donors (Lipinski definition) is 0. The van der Waals surface area contributed by atoms with Crippen molar-refractivity contribution in [3.8, 4) is 5.88 Å². The summed E-state index contributed by atoms with van der Waals surface area (Å²) >= 11 is 0. The second-order valence-corrected chi connectivity index (χ2v) is 6.56. The molecule has 1 aliphatic heterocycles. The lowest BCUT2D eigenvalue weighted by Crippen LogP contribution is -2.24. The second kappa shape index (κ2) is 9.54. The molecule has 0 spiro atoms. The van der Waals surface area contributed by atoms with Gasteiger partial charge in [-0.05, 0) is 36.1 Å². The van der Waals surface area contributed by atoms with Gasteiger partial charge in [0.2, 0.25) is 5.88 Å². The van der Waals surface area contributed by atoms with Crippen LogP contribution in [0, 0.1) is 0 Å². The minimum Gasteiger partial charge on any atom is -0.461 e. The number of nitrogens with zero attached hydrogens (tertiary/aromatic N) is 3. The highest BCUT2D eigenvalue weighted by atomic mass is 19.4. The van der Waals surface area contributed by atoms with Crippen LogP contribution in [0.15, 0.2) is 47.8 Å². The lowest BCUT2D eigenvalue weighted by molar-refractivity contribution is -0.137. The van der Waals surface area contributed by atoms with Gasteiger partial charge in [-0.25, -0.2) is 4.98 Å². The Labute approximate surface area is 161 Å². The molecular formula is C20H22F3N3O2. The van der Waals surface area contributed by atoms with E-state index in [1.807, 2.05) is 12.1 Å². The Hall–Kier alpha value is -2.61. The Kier molecular flexibility index (Phi) is 6.86. The Balaban J connectivity index is 1.37. The molecule has 1 aliphatic rings. The Morgan fingerprint density at radius 3 is 2.39 bits per heavy atom. The monoisotopic (exact) mass is 393 g/mol. The first-order chi connectivity index (χ1) is 13.5. The molecule has 0 amide bonds. The standard InChI is InChI=1S/C20H22F3N3O2/c21-20(22,23)18-6-3-17(4-7-18)14-28-25-10-9-16-5-8-19(24-13-16)27-15-26-11-1-2-12-26/h3-8,10,13H,1-2,9,11-12,14-15H2. The zero-order valence-electron chi connectivity index (χ0n) is 15.4. The van der Waals surface area contributed by atoms with E-state index in [-0.39, 0.29) is 6.61 Å². The first-order valence-corrected chi connectivity index (χ1v) is 9.11. The number of ether oxygens (including phenoxy) is 1. The lowest BCUT2D eigenvalue weighted by atomic mass is 10.1. The summed E-state index contributed by atoms with van der Waals surface area (Å²) in [5.74, 6) is 0.589. The number of alkyl halides is 3. The molecule has 0 radical (unpaired) electrons. The van der Waals surface area contributed by atoms with Crippen LogP contribution in [0.25, 0.3) is 0 Å². The average molecular weight is 393 g/mol. The molecule has 0 atom stereocenters. The molecule has 0 N–H and O–H groups in total. The van der Waals surface area contributed by atoms with E-state index >= 15 is 0 Å². The van der Waals surface area contributed by atoms with E-state index in [0.717, 1.165) is 30.8 Å². The van der Waals surface area contributed by atoms with Crippen molar-refractivity contribution in [2.75, 3.05) is 19.8 Å². The zero-order valence-corrected chi connectivity index (χ0v) is 15.4. The van der Waals surface area contributed by atoms with Gasteiger partial charge < -0.3 is 9.57 Å². The number of halogens is 3. The Bertz CT molecular complexity index is 756. The van der Waals surface area contributed by atoms with Crippen LogP contribution < -0.4 is 4.74 Å². The molecule has 0 unspecified atom stereocenters. The van der Waals surface area contributed by atoms with Gasteiger partial charge in [0.1, 0.15) is 13.3 Å².